The number of nitrogens with zero attached hydrogens (tertiary/aromatic N) is 2. The smallest absolute Gasteiger partial charge is 0.341 e. The van der Waals surface area contributed by atoms with Crippen LogP contribution in [0.15, 0.2) is 30.5 Å². The Balaban J connectivity index is 2.50. The van der Waals surface area contributed by atoms with Gasteiger partial charge < -0.3 is 4.74 Å². The first-order valence-electron chi connectivity index (χ1n) is 5.48. The number of carbonyl (C=O) groups excluding carboxylic acids is 1. The molecule has 0 radical (unpaired) electrons. The van der Waals surface area contributed by atoms with Crippen LogP contribution in [-0.2, 0) is 4.74 Å². The molecule has 2 rings (SSSR count). The molecule has 0 bridgehead atoms. The van der Waals surface area contributed by atoms with Crippen molar-refractivity contribution < 1.29 is 9.53 Å². The molecule has 1 aromatic heterocycles. The van der Waals surface area contributed by atoms with E-state index in [2.05, 4.69) is 16.3 Å². The third kappa shape index (κ3) is 2.09. The van der Waals surface area contributed by atoms with E-state index in [1.54, 1.807) is 31.2 Å². The van der Waals surface area contributed by atoms with Crippen LogP contribution in [0, 0.1) is 11.3 Å². The summed E-state index contributed by atoms with van der Waals surface area (Å²) < 4.78 is 4.94. The molecular formula is C13H11N3O2. The molecule has 0 amide bonds. The molecular weight excluding hydrogens is 230 g/mol. The maximum absolute atomic E-state index is 11.7. The number of aromatic nitrogens is 2. The Labute approximate surface area is 104 Å². The third-order valence-corrected chi connectivity index (χ3v) is 2.45. The topological polar surface area (TPSA) is 78.8 Å². The molecule has 0 fully saturated rings. The molecule has 18 heavy (non-hydrogen) atoms. The molecule has 0 aliphatic rings. The Morgan fingerprint density at radius 1 is 1.50 bits per heavy atom. The third-order valence-electron chi connectivity index (χ3n) is 2.45. The second-order valence-electron chi connectivity index (χ2n) is 3.54. The summed E-state index contributed by atoms with van der Waals surface area (Å²) >= 11 is 0. The highest BCUT2D eigenvalue weighted by Gasteiger charge is 2.18. The van der Waals surface area contributed by atoms with Gasteiger partial charge in [0.25, 0.3) is 0 Å². The van der Waals surface area contributed by atoms with Crippen molar-refractivity contribution in [2.75, 3.05) is 6.61 Å². The lowest BCUT2D eigenvalue weighted by atomic mass is 10.0. The van der Waals surface area contributed by atoms with Crippen LogP contribution in [0.4, 0.5) is 0 Å². The van der Waals surface area contributed by atoms with E-state index in [0.29, 0.717) is 29.0 Å². The highest BCUT2D eigenvalue weighted by atomic mass is 16.5. The van der Waals surface area contributed by atoms with Crippen molar-refractivity contribution >= 4 is 5.97 Å². The summed E-state index contributed by atoms with van der Waals surface area (Å²) in [4.78, 5) is 11.7. The molecule has 1 N–H and O–H groups in total. The number of ether oxygens (including phenoxy) is 1. The zero-order valence-corrected chi connectivity index (χ0v) is 9.80. The molecule has 0 atom stereocenters. The summed E-state index contributed by atoms with van der Waals surface area (Å²) in [5.41, 5.74) is 1.96. The number of benzene rings is 1. The standard InChI is InChI=1S/C13H11N3O2/c1-2-18-13(17)11-8-15-16-12(11)10-6-4-3-5-9(10)7-14/h3-6,8H,2H2,1H3,(H,15,16). The van der Waals surface area contributed by atoms with Crippen molar-refractivity contribution in [3.8, 4) is 17.3 Å². The first-order chi connectivity index (χ1) is 8.77. The number of nitrogens with one attached hydrogen (secondary N) is 1. The first-order valence-corrected chi connectivity index (χ1v) is 5.48. The fraction of sp³-hybridized carbons (Fsp3) is 0.154. The van der Waals surface area contributed by atoms with E-state index in [9.17, 15) is 4.79 Å². The summed E-state index contributed by atoms with van der Waals surface area (Å²) in [5, 5.41) is 15.6. The van der Waals surface area contributed by atoms with Crippen molar-refractivity contribution in [1.82, 2.24) is 10.2 Å². The van der Waals surface area contributed by atoms with E-state index in [-0.39, 0.29) is 0 Å². The van der Waals surface area contributed by atoms with Gasteiger partial charge in [0.05, 0.1) is 30.1 Å². The first kappa shape index (κ1) is 11.9. The highest BCUT2D eigenvalue weighted by Crippen LogP contribution is 2.24. The number of nitriles is 1. The maximum atomic E-state index is 11.7. The number of esters is 1. The van der Waals surface area contributed by atoms with Gasteiger partial charge in [-0.25, -0.2) is 4.79 Å². The van der Waals surface area contributed by atoms with E-state index in [1.807, 2.05) is 0 Å². The van der Waals surface area contributed by atoms with Crippen molar-refractivity contribution in [3.63, 3.8) is 0 Å². The summed E-state index contributed by atoms with van der Waals surface area (Å²) in [7, 11) is 0. The van der Waals surface area contributed by atoms with Crippen LogP contribution in [0.2, 0.25) is 0 Å². The zero-order valence-electron chi connectivity index (χ0n) is 9.80. The number of hydrogen-bond donors (Lipinski definition) is 1. The minimum Gasteiger partial charge on any atom is -0.462 e. The molecule has 5 heteroatoms. The minimum absolute atomic E-state index is 0.295. The molecule has 0 spiro atoms. The molecule has 0 aliphatic carbocycles. The lowest BCUT2D eigenvalue weighted by Crippen LogP contribution is -2.05. The van der Waals surface area contributed by atoms with Gasteiger partial charge in [0, 0.05) is 5.56 Å². The predicted molar refractivity (Wildman–Crippen MR) is 64.7 cm³/mol. The fourth-order valence-corrected chi connectivity index (χ4v) is 1.65. The molecule has 2 aromatic rings. The molecule has 0 aliphatic heterocycles. The monoisotopic (exact) mass is 241 g/mol. The van der Waals surface area contributed by atoms with Gasteiger partial charge in [-0.15, -0.1) is 0 Å². The normalized spacial score (nSPS) is 9.78. The quantitative estimate of drug-likeness (QED) is 0.835. The zero-order chi connectivity index (χ0) is 13.0. The Bertz CT molecular complexity index is 611. The van der Waals surface area contributed by atoms with E-state index < -0.39 is 5.97 Å². The van der Waals surface area contributed by atoms with E-state index in [0.717, 1.165) is 0 Å². The molecule has 1 aromatic carbocycles. The van der Waals surface area contributed by atoms with Gasteiger partial charge in [-0.05, 0) is 13.0 Å². The van der Waals surface area contributed by atoms with Gasteiger partial charge >= 0.3 is 5.97 Å². The predicted octanol–water partition coefficient (Wildman–Crippen LogP) is 2.13. The van der Waals surface area contributed by atoms with E-state index in [1.165, 1.54) is 6.20 Å². The van der Waals surface area contributed by atoms with E-state index >= 15 is 0 Å². The summed E-state index contributed by atoms with van der Waals surface area (Å²) in [6.45, 7) is 2.03. The SMILES string of the molecule is CCOC(=O)c1cn[nH]c1-c1ccccc1C#N. The Morgan fingerprint density at radius 2 is 2.28 bits per heavy atom. The van der Waals surface area contributed by atoms with Crippen LogP contribution in [0.5, 0.6) is 0 Å². The summed E-state index contributed by atoms with van der Waals surface area (Å²) in [6, 6.07) is 9.09. The van der Waals surface area contributed by atoms with Crippen molar-refractivity contribution in [2.45, 2.75) is 6.92 Å². The molecule has 90 valence electrons. The van der Waals surface area contributed by atoms with Crippen LogP contribution in [0.3, 0.4) is 0 Å². The van der Waals surface area contributed by atoms with Gasteiger partial charge in [-0.2, -0.15) is 10.4 Å². The van der Waals surface area contributed by atoms with Gasteiger partial charge in [-0.1, -0.05) is 18.2 Å². The summed E-state index contributed by atoms with van der Waals surface area (Å²) in [6.07, 6.45) is 1.40. The van der Waals surface area contributed by atoms with Crippen LogP contribution < -0.4 is 0 Å². The minimum atomic E-state index is -0.450. The molecule has 1 heterocycles. The average Bonchev–Trinajstić information content (AvgIpc) is 2.88. The number of aromatic amines is 1. The molecule has 0 unspecified atom stereocenters. The van der Waals surface area contributed by atoms with Gasteiger partial charge in [-0.3, -0.25) is 5.10 Å². The van der Waals surface area contributed by atoms with Crippen molar-refractivity contribution in [1.29, 1.82) is 5.26 Å². The fourth-order valence-electron chi connectivity index (χ4n) is 1.65. The summed E-state index contributed by atoms with van der Waals surface area (Å²) in [5.74, 6) is -0.450. The maximum Gasteiger partial charge on any atom is 0.341 e. The van der Waals surface area contributed by atoms with Crippen LogP contribution >= 0.6 is 0 Å². The number of rotatable bonds is 3. The second kappa shape index (κ2) is 5.15. The van der Waals surface area contributed by atoms with Gasteiger partial charge in [0.15, 0.2) is 0 Å². The van der Waals surface area contributed by atoms with Crippen LogP contribution in [-0.4, -0.2) is 22.8 Å². The Hall–Kier alpha value is -2.61. The van der Waals surface area contributed by atoms with Crippen molar-refractivity contribution in [3.05, 3.63) is 41.6 Å². The second-order valence-corrected chi connectivity index (χ2v) is 3.54. The molecule has 0 saturated heterocycles. The molecule has 0 saturated carbocycles. The highest BCUT2D eigenvalue weighted by molar-refractivity contribution is 5.96. The number of H-pyrrole nitrogens is 1. The van der Waals surface area contributed by atoms with Crippen molar-refractivity contribution in [2.24, 2.45) is 0 Å². The van der Waals surface area contributed by atoms with Gasteiger partial charge in [0.2, 0.25) is 0 Å². The van der Waals surface area contributed by atoms with Gasteiger partial charge in [0.1, 0.15) is 5.56 Å². The average molecular weight is 241 g/mol. The number of hydrogen-bond acceptors (Lipinski definition) is 4. The van der Waals surface area contributed by atoms with Crippen LogP contribution in [0.25, 0.3) is 11.3 Å². The molecule has 5 nitrogen and oxygen atoms in total. The largest absolute Gasteiger partial charge is 0.462 e. The lowest BCUT2D eigenvalue weighted by Gasteiger charge is -2.04. The lowest BCUT2D eigenvalue weighted by molar-refractivity contribution is 0.0527. The Kier molecular flexibility index (Phi) is 3.39. The van der Waals surface area contributed by atoms with Crippen LogP contribution in [0.1, 0.15) is 22.8 Å². The van der Waals surface area contributed by atoms with E-state index in [4.69, 9.17) is 10.00 Å². The Morgan fingerprint density at radius 3 is 3.00 bits per heavy atom. The number of carbonyl (C=O) groups is 1.